The third-order valence-corrected chi connectivity index (χ3v) is 5.35. The number of amides is 4. The molecule has 0 unspecified atom stereocenters. The van der Waals surface area contributed by atoms with Crippen LogP contribution in [0, 0.1) is 0 Å². The van der Waals surface area contributed by atoms with E-state index in [0.717, 1.165) is 0 Å². The molecule has 6 N–H and O–H groups in total. The summed E-state index contributed by atoms with van der Waals surface area (Å²) < 4.78 is 5.24. The van der Waals surface area contributed by atoms with Gasteiger partial charge < -0.3 is 36.4 Å². The Morgan fingerprint density at radius 1 is 1.25 bits per heavy atom. The van der Waals surface area contributed by atoms with Crippen molar-refractivity contribution in [2.45, 2.75) is 82.6 Å². The molecule has 0 aromatic rings. The number of carbonyl (C=O) groups is 5. The van der Waals surface area contributed by atoms with Crippen LogP contribution in [0.3, 0.4) is 0 Å². The fourth-order valence-electron chi connectivity index (χ4n) is 3.91. The molecule has 32 heavy (non-hydrogen) atoms. The monoisotopic (exact) mass is 455 g/mol. The third kappa shape index (κ3) is 7.08. The molecule has 12 nitrogen and oxygen atoms in total. The Kier molecular flexibility index (Phi) is 8.42. The van der Waals surface area contributed by atoms with Crippen LogP contribution in [-0.4, -0.2) is 82.6 Å². The van der Waals surface area contributed by atoms with Gasteiger partial charge in [0.05, 0.1) is 0 Å². The van der Waals surface area contributed by atoms with E-state index >= 15 is 0 Å². The molecule has 0 bridgehead atoms. The number of alkyl carbamates (subject to hydrolysis) is 1. The first-order chi connectivity index (χ1) is 14.9. The maximum atomic E-state index is 13.3. The molecular weight excluding hydrogens is 422 g/mol. The van der Waals surface area contributed by atoms with Crippen molar-refractivity contribution in [1.29, 1.82) is 0 Å². The van der Waals surface area contributed by atoms with Gasteiger partial charge in [0.15, 0.2) is 0 Å². The Labute approximate surface area is 186 Å². The Bertz CT molecular complexity index is 751. The van der Waals surface area contributed by atoms with E-state index in [1.807, 2.05) is 0 Å². The number of carboxylic acids is 1. The standard InChI is InChI=1S/C20H33N5O7/c1-20(2,3)32-19(31)24-13-10-22-9-8-11-4-6-14(25(11)17(13)28)16(27)23-12(18(29)30)5-7-15(21)26/h11-14,22H,4-10H2,1-3H3,(H2,21,26)(H,23,27)(H,24,31)(H,29,30)/t11-,12+,13+,14+/m1/s1. The number of hydrogen-bond donors (Lipinski definition) is 5. The topological polar surface area (TPSA) is 180 Å². The molecule has 180 valence electrons. The van der Waals surface area contributed by atoms with Gasteiger partial charge in [-0.25, -0.2) is 9.59 Å². The van der Waals surface area contributed by atoms with Crippen molar-refractivity contribution in [1.82, 2.24) is 20.9 Å². The Morgan fingerprint density at radius 2 is 1.94 bits per heavy atom. The molecule has 2 aliphatic rings. The van der Waals surface area contributed by atoms with Crippen LogP contribution >= 0.6 is 0 Å². The lowest BCUT2D eigenvalue weighted by molar-refractivity contribution is -0.145. The molecule has 0 spiro atoms. The quantitative estimate of drug-likeness (QED) is 0.326. The largest absolute Gasteiger partial charge is 0.480 e. The summed E-state index contributed by atoms with van der Waals surface area (Å²) in [6, 6.07) is -3.32. The Hall–Kier alpha value is -2.89. The van der Waals surface area contributed by atoms with Gasteiger partial charge in [-0.05, 0) is 53.0 Å². The molecule has 2 aliphatic heterocycles. The van der Waals surface area contributed by atoms with Gasteiger partial charge in [-0.1, -0.05) is 0 Å². The minimum atomic E-state index is -1.30. The van der Waals surface area contributed by atoms with E-state index in [9.17, 15) is 29.1 Å². The van der Waals surface area contributed by atoms with E-state index < -0.39 is 53.5 Å². The lowest BCUT2D eigenvalue weighted by Gasteiger charge is -2.35. The maximum Gasteiger partial charge on any atom is 0.408 e. The summed E-state index contributed by atoms with van der Waals surface area (Å²) in [6.07, 6.45) is 0.479. The van der Waals surface area contributed by atoms with Crippen LogP contribution in [0.25, 0.3) is 0 Å². The zero-order chi connectivity index (χ0) is 24.1. The summed E-state index contributed by atoms with van der Waals surface area (Å²) in [5, 5.41) is 17.5. The molecule has 0 aliphatic carbocycles. The van der Waals surface area contributed by atoms with Crippen molar-refractivity contribution >= 4 is 29.8 Å². The summed E-state index contributed by atoms with van der Waals surface area (Å²) in [5.74, 6) is -3.01. The smallest absolute Gasteiger partial charge is 0.408 e. The van der Waals surface area contributed by atoms with Gasteiger partial charge >= 0.3 is 12.1 Å². The van der Waals surface area contributed by atoms with Crippen LogP contribution in [0.15, 0.2) is 0 Å². The Morgan fingerprint density at radius 3 is 2.53 bits per heavy atom. The second-order valence-corrected chi connectivity index (χ2v) is 9.09. The predicted molar refractivity (Wildman–Crippen MR) is 112 cm³/mol. The summed E-state index contributed by atoms with van der Waals surface area (Å²) in [4.78, 5) is 62.3. The van der Waals surface area contributed by atoms with Gasteiger partial charge in [0.25, 0.3) is 0 Å². The zero-order valence-corrected chi connectivity index (χ0v) is 18.7. The van der Waals surface area contributed by atoms with E-state index in [1.54, 1.807) is 20.8 Å². The number of nitrogens with two attached hydrogens (primary N) is 1. The number of rotatable bonds is 7. The number of nitrogens with one attached hydrogen (secondary N) is 3. The molecule has 2 saturated heterocycles. The van der Waals surface area contributed by atoms with Crippen LogP contribution in [0.2, 0.25) is 0 Å². The van der Waals surface area contributed by atoms with Crippen molar-refractivity contribution in [2.24, 2.45) is 5.73 Å². The summed E-state index contributed by atoms with van der Waals surface area (Å²) in [5.41, 5.74) is 4.34. The minimum absolute atomic E-state index is 0.146. The van der Waals surface area contributed by atoms with Gasteiger partial charge in [0, 0.05) is 19.0 Å². The number of hydrogen-bond acceptors (Lipinski definition) is 7. The molecule has 12 heteroatoms. The first-order valence-electron chi connectivity index (χ1n) is 10.7. The van der Waals surface area contributed by atoms with Crippen LogP contribution in [0.4, 0.5) is 4.79 Å². The third-order valence-electron chi connectivity index (χ3n) is 5.35. The molecule has 2 fully saturated rings. The van der Waals surface area contributed by atoms with Crippen molar-refractivity contribution in [3.63, 3.8) is 0 Å². The van der Waals surface area contributed by atoms with Gasteiger partial charge in [0.2, 0.25) is 17.7 Å². The SMILES string of the molecule is CC(C)(C)OC(=O)N[C@H]1CNCC[C@H]2CC[C@@H](C(=O)N[C@@H](CCC(N)=O)C(=O)O)N2C1=O. The van der Waals surface area contributed by atoms with Crippen molar-refractivity contribution in [3.8, 4) is 0 Å². The van der Waals surface area contributed by atoms with Gasteiger partial charge in [0.1, 0.15) is 23.7 Å². The van der Waals surface area contributed by atoms with Gasteiger partial charge in [-0.3, -0.25) is 14.4 Å². The summed E-state index contributed by atoms with van der Waals surface area (Å²) in [7, 11) is 0. The lowest BCUT2D eigenvalue weighted by Crippen LogP contribution is -2.61. The summed E-state index contributed by atoms with van der Waals surface area (Å²) in [6.45, 7) is 5.88. The van der Waals surface area contributed by atoms with E-state index in [-0.39, 0.29) is 25.4 Å². The van der Waals surface area contributed by atoms with Gasteiger partial charge in [-0.15, -0.1) is 0 Å². The number of aliphatic carboxylic acids is 1. The number of carboxylic acid groups (broad SMARTS) is 1. The van der Waals surface area contributed by atoms with Crippen molar-refractivity contribution < 1.29 is 33.8 Å². The first-order valence-corrected chi connectivity index (χ1v) is 10.7. The van der Waals surface area contributed by atoms with Crippen LogP contribution in [0.1, 0.15) is 52.9 Å². The molecule has 4 amide bonds. The fraction of sp³-hybridized carbons (Fsp3) is 0.750. The second-order valence-electron chi connectivity index (χ2n) is 9.09. The number of primary amides is 1. The van der Waals surface area contributed by atoms with Crippen LogP contribution in [0.5, 0.6) is 0 Å². The molecule has 0 saturated carbocycles. The predicted octanol–water partition coefficient (Wildman–Crippen LogP) is -0.932. The second kappa shape index (κ2) is 10.6. The highest BCUT2D eigenvalue weighted by atomic mass is 16.6. The lowest BCUT2D eigenvalue weighted by atomic mass is 10.1. The molecule has 0 aromatic carbocycles. The number of carbonyl (C=O) groups excluding carboxylic acids is 4. The number of ether oxygens (including phenoxy) is 1. The minimum Gasteiger partial charge on any atom is -0.480 e. The first kappa shape index (κ1) is 25.4. The van der Waals surface area contributed by atoms with Crippen LogP contribution < -0.4 is 21.7 Å². The Balaban J connectivity index is 2.13. The molecule has 4 atom stereocenters. The normalized spacial score (nSPS) is 24.5. The average Bonchev–Trinajstić information content (AvgIpc) is 3.07. The van der Waals surface area contributed by atoms with E-state index in [2.05, 4.69) is 16.0 Å². The molecule has 2 heterocycles. The zero-order valence-electron chi connectivity index (χ0n) is 18.7. The van der Waals surface area contributed by atoms with E-state index in [4.69, 9.17) is 10.5 Å². The van der Waals surface area contributed by atoms with E-state index in [0.29, 0.717) is 25.8 Å². The highest BCUT2D eigenvalue weighted by Crippen LogP contribution is 2.28. The highest BCUT2D eigenvalue weighted by molar-refractivity contribution is 5.94. The highest BCUT2D eigenvalue weighted by Gasteiger charge is 2.44. The van der Waals surface area contributed by atoms with Crippen molar-refractivity contribution in [3.05, 3.63) is 0 Å². The molecule has 0 radical (unpaired) electrons. The van der Waals surface area contributed by atoms with Crippen molar-refractivity contribution in [2.75, 3.05) is 13.1 Å². The van der Waals surface area contributed by atoms with Crippen LogP contribution in [-0.2, 0) is 23.9 Å². The summed E-state index contributed by atoms with van der Waals surface area (Å²) >= 11 is 0. The van der Waals surface area contributed by atoms with E-state index in [1.165, 1.54) is 4.90 Å². The maximum absolute atomic E-state index is 13.3. The average molecular weight is 456 g/mol. The molecule has 0 aromatic heterocycles. The number of fused-ring (bicyclic) bond motifs is 1. The molecule has 2 rings (SSSR count). The number of nitrogens with zero attached hydrogens (tertiary/aromatic N) is 1. The van der Waals surface area contributed by atoms with Gasteiger partial charge in [-0.2, -0.15) is 0 Å². The molecular formula is C20H33N5O7. The fourth-order valence-corrected chi connectivity index (χ4v) is 3.91.